The Hall–Kier alpha value is -2.87. The summed E-state index contributed by atoms with van der Waals surface area (Å²) in [6.07, 6.45) is 2.32. The minimum Gasteiger partial charge on any atom is -0.453 e. The Morgan fingerprint density at radius 1 is 1.32 bits per heavy atom. The highest BCUT2D eigenvalue weighted by Gasteiger charge is 2.10. The zero-order valence-corrected chi connectivity index (χ0v) is 14.5. The van der Waals surface area contributed by atoms with Crippen LogP contribution < -0.4 is 10.6 Å². The van der Waals surface area contributed by atoms with Gasteiger partial charge in [0.05, 0.1) is 19.2 Å². The summed E-state index contributed by atoms with van der Waals surface area (Å²) >= 11 is 1.25. The van der Waals surface area contributed by atoms with Crippen molar-refractivity contribution in [2.45, 2.75) is 12.8 Å². The highest BCUT2D eigenvalue weighted by molar-refractivity contribution is 7.13. The van der Waals surface area contributed by atoms with Gasteiger partial charge >= 0.3 is 6.09 Å². The predicted molar refractivity (Wildman–Crippen MR) is 96.9 cm³/mol. The predicted octanol–water partition coefficient (Wildman–Crippen LogP) is 2.70. The van der Waals surface area contributed by atoms with E-state index in [1.165, 1.54) is 29.4 Å². The van der Waals surface area contributed by atoms with Crippen molar-refractivity contribution in [3.8, 4) is 0 Å². The fourth-order valence-electron chi connectivity index (χ4n) is 2.49. The lowest BCUT2D eigenvalue weighted by molar-refractivity contribution is -0.120. The summed E-state index contributed by atoms with van der Waals surface area (Å²) in [7, 11) is 1.28. The summed E-state index contributed by atoms with van der Waals surface area (Å²) in [6, 6.07) is 8.08. The van der Waals surface area contributed by atoms with Crippen LogP contribution in [-0.2, 0) is 22.4 Å². The van der Waals surface area contributed by atoms with Crippen LogP contribution in [0.25, 0.3) is 10.9 Å². The van der Waals surface area contributed by atoms with Crippen molar-refractivity contribution < 1.29 is 14.3 Å². The van der Waals surface area contributed by atoms with Crippen molar-refractivity contribution in [3.63, 3.8) is 0 Å². The van der Waals surface area contributed by atoms with E-state index in [9.17, 15) is 9.59 Å². The van der Waals surface area contributed by atoms with E-state index in [2.05, 4.69) is 31.4 Å². The van der Waals surface area contributed by atoms with Gasteiger partial charge in [0.15, 0.2) is 5.13 Å². The third-order valence-corrected chi connectivity index (χ3v) is 4.49. The fraction of sp³-hybridized carbons (Fsp3) is 0.235. The number of thiazole rings is 1. The van der Waals surface area contributed by atoms with E-state index < -0.39 is 6.09 Å². The molecule has 0 radical (unpaired) electrons. The van der Waals surface area contributed by atoms with Gasteiger partial charge in [-0.1, -0.05) is 18.2 Å². The molecule has 0 bridgehead atoms. The summed E-state index contributed by atoms with van der Waals surface area (Å²) < 4.78 is 4.50. The van der Waals surface area contributed by atoms with Crippen LogP contribution in [0.2, 0.25) is 0 Å². The molecule has 25 heavy (non-hydrogen) atoms. The Bertz CT molecular complexity index is 887. The number of hydrogen-bond donors (Lipinski definition) is 3. The molecular formula is C17H18N4O3S. The van der Waals surface area contributed by atoms with Gasteiger partial charge in [-0.15, -0.1) is 11.3 Å². The smallest absolute Gasteiger partial charge is 0.413 e. The Morgan fingerprint density at radius 3 is 3.00 bits per heavy atom. The van der Waals surface area contributed by atoms with Crippen LogP contribution in [-0.4, -0.2) is 35.6 Å². The number of aromatic amines is 1. The number of nitrogens with one attached hydrogen (secondary N) is 3. The molecule has 2 aromatic heterocycles. The van der Waals surface area contributed by atoms with Gasteiger partial charge in [-0.05, 0) is 18.1 Å². The van der Waals surface area contributed by atoms with E-state index in [0.717, 1.165) is 11.9 Å². The van der Waals surface area contributed by atoms with Gasteiger partial charge in [0.2, 0.25) is 5.91 Å². The molecule has 0 aliphatic rings. The zero-order chi connectivity index (χ0) is 17.6. The summed E-state index contributed by atoms with van der Waals surface area (Å²) in [5.74, 6) is -0.102. The highest BCUT2D eigenvalue weighted by atomic mass is 32.1. The Morgan fingerprint density at radius 2 is 2.16 bits per heavy atom. The minimum absolute atomic E-state index is 0.102. The lowest BCUT2D eigenvalue weighted by atomic mass is 10.1. The van der Waals surface area contributed by atoms with E-state index >= 15 is 0 Å². The average molecular weight is 358 g/mol. The molecule has 2 amide bonds. The highest BCUT2D eigenvalue weighted by Crippen LogP contribution is 2.18. The second-order valence-electron chi connectivity index (χ2n) is 5.40. The van der Waals surface area contributed by atoms with Gasteiger partial charge in [-0.3, -0.25) is 10.1 Å². The summed E-state index contributed by atoms with van der Waals surface area (Å²) in [6.45, 7) is 0.554. The zero-order valence-electron chi connectivity index (χ0n) is 13.7. The molecule has 0 saturated heterocycles. The standard InChI is InChI=1S/C17H18N4O3S/c1-24-17(23)21-16-20-12(10-25-16)8-15(22)18-7-6-11-9-19-14-5-3-2-4-13(11)14/h2-5,9-10,19H,6-8H2,1H3,(H,18,22)(H,20,21,23). The third kappa shape index (κ3) is 4.36. The van der Waals surface area contributed by atoms with Crippen LogP contribution in [0.4, 0.5) is 9.93 Å². The maximum Gasteiger partial charge on any atom is 0.413 e. The molecule has 8 heteroatoms. The average Bonchev–Trinajstić information content (AvgIpc) is 3.22. The maximum atomic E-state index is 12.0. The maximum absolute atomic E-state index is 12.0. The van der Waals surface area contributed by atoms with Crippen molar-refractivity contribution in [1.82, 2.24) is 15.3 Å². The number of para-hydroxylation sites is 1. The molecule has 0 saturated carbocycles. The number of carbonyl (C=O) groups excluding carboxylic acids is 2. The largest absolute Gasteiger partial charge is 0.453 e. The van der Waals surface area contributed by atoms with Crippen molar-refractivity contribution in [2.75, 3.05) is 19.0 Å². The molecule has 7 nitrogen and oxygen atoms in total. The van der Waals surface area contributed by atoms with Gasteiger partial charge in [-0.25, -0.2) is 9.78 Å². The number of amides is 2. The number of hydrogen-bond acceptors (Lipinski definition) is 5. The van der Waals surface area contributed by atoms with Gasteiger partial charge in [0, 0.05) is 29.0 Å². The SMILES string of the molecule is COC(=O)Nc1nc(CC(=O)NCCc2c[nH]c3ccccc23)cs1. The van der Waals surface area contributed by atoms with E-state index in [-0.39, 0.29) is 12.3 Å². The van der Waals surface area contributed by atoms with Crippen molar-refractivity contribution in [2.24, 2.45) is 0 Å². The van der Waals surface area contributed by atoms with Crippen LogP contribution >= 0.6 is 11.3 Å². The lowest BCUT2D eigenvalue weighted by Crippen LogP contribution is -2.27. The lowest BCUT2D eigenvalue weighted by Gasteiger charge is -2.03. The number of ether oxygens (including phenoxy) is 1. The van der Waals surface area contributed by atoms with Crippen molar-refractivity contribution in [3.05, 3.63) is 47.1 Å². The molecule has 0 fully saturated rings. The molecule has 3 N–H and O–H groups in total. The first kappa shape index (κ1) is 17.0. The van der Waals surface area contributed by atoms with Crippen LogP contribution in [0.15, 0.2) is 35.8 Å². The van der Waals surface area contributed by atoms with Gasteiger partial charge in [0.1, 0.15) is 0 Å². The normalized spacial score (nSPS) is 10.6. The molecular weight excluding hydrogens is 340 g/mol. The van der Waals surface area contributed by atoms with E-state index in [0.29, 0.717) is 17.4 Å². The molecule has 2 heterocycles. The number of fused-ring (bicyclic) bond motifs is 1. The first-order valence-electron chi connectivity index (χ1n) is 7.77. The van der Waals surface area contributed by atoms with Gasteiger partial charge in [-0.2, -0.15) is 0 Å². The Kier molecular flexibility index (Phi) is 5.30. The monoisotopic (exact) mass is 358 g/mol. The minimum atomic E-state index is -0.580. The van der Waals surface area contributed by atoms with E-state index in [1.807, 2.05) is 24.4 Å². The second-order valence-corrected chi connectivity index (χ2v) is 6.25. The summed E-state index contributed by atoms with van der Waals surface area (Å²) in [5, 5.41) is 8.70. The first-order chi connectivity index (χ1) is 12.2. The number of benzene rings is 1. The van der Waals surface area contributed by atoms with Crippen LogP contribution in [0.5, 0.6) is 0 Å². The van der Waals surface area contributed by atoms with Crippen LogP contribution in [0.1, 0.15) is 11.3 Å². The number of nitrogens with zero attached hydrogens (tertiary/aromatic N) is 1. The molecule has 0 aliphatic carbocycles. The number of H-pyrrole nitrogens is 1. The molecule has 0 spiro atoms. The quantitative estimate of drug-likeness (QED) is 0.631. The van der Waals surface area contributed by atoms with E-state index in [1.54, 1.807) is 5.38 Å². The van der Waals surface area contributed by atoms with E-state index in [4.69, 9.17) is 0 Å². The van der Waals surface area contributed by atoms with Crippen LogP contribution in [0.3, 0.4) is 0 Å². The second kappa shape index (κ2) is 7.80. The van der Waals surface area contributed by atoms with Crippen LogP contribution in [0, 0.1) is 0 Å². The molecule has 0 unspecified atom stereocenters. The Balaban J connectivity index is 1.47. The molecule has 1 aromatic carbocycles. The summed E-state index contributed by atoms with van der Waals surface area (Å²) in [4.78, 5) is 30.5. The van der Waals surface area contributed by atoms with Crippen molar-refractivity contribution >= 4 is 39.4 Å². The third-order valence-electron chi connectivity index (χ3n) is 3.68. The number of anilines is 1. The number of aromatic nitrogens is 2. The molecule has 3 aromatic rings. The molecule has 130 valence electrons. The number of rotatable bonds is 6. The molecule has 0 atom stereocenters. The first-order valence-corrected chi connectivity index (χ1v) is 8.64. The number of methoxy groups -OCH3 is 1. The van der Waals surface area contributed by atoms with Gasteiger partial charge < -0.3 is 15.0 Å². The molecule has 3 rings (SSSR count). The Labute approximate surface area is 148 Å². The topological polar surface area (TPSA) is 96.1 Å². The fourth-order valence-corrected chi connectivity index (χ4v) is 3.18. The number of carbonyl (C=O) groups is 2. The van der Waals surface area contributed by atoms with Gasteiger partial charge in [0.25, 0.3) is 0 Å². The molecule has 0 aliphatic heterocycles. The van der Waals surface area contributed by atoms with Crippen molar-refractivity contribution in [1.29, 1.82) is 0 Å². The summed E-state index contributed by atoms with van der Waals surface area (Å²) in [5.41, 5.74) is 2.88.